The number of carbonyl (C=O) groups excluding carboxylic acids is 1. The molecule has 0 unspecified atom stereocenters. The number of aryl methyl sites for hydroxylation is 1. The molecule has 0 bridgehead atoms. The molecule has 3 aromatic rings. The van der Waals surface area contributed by atoms with E-state index in [1.54, 1.807) is 24.3 Å². The van der Waals surface area contributed by atoms with Gasteiger partial charge in [0.1, 0.15) is 11.5 Å². The van der Waals surface area contributed by atoms with Gasteiger partial charge in [-0.15, -0.1) is 0 Å². The first-order chi connectivity index (χ1) is 13.0. The molecule has 0 aliphatic rings. The van der Waals surface area contributed by atoms with Gasteiger partial charge >= 0.3 is 0 Å². The lowest BCUT2D eigenvalue weighted by Crippen LogP contribution is -2.19. The predicted molar refractivity (Wildman–Crippen MR) is 109 cm³/mol. The van der Waals surface area contributed by atoms with Crippen LogP contribution in [0.2, 0.25) is 10.0 Å². The van der Waals surface area contributed by atoms with E-state index < -0.39 is 0 Å². The molecule has 6 heteroatoms. The summed E-state index contributed by atoms with van der Waals surface area (Å²) in [5, 5.41) is 4.89. The van der Waals surface area contributed by atoms with Gasteiger partial charge in [0.05, 0.1) is 22.7 Å². The molecule has 2 aromatic carbocycles. The standard InChI is InChI=1S/C21H18Cl2N2O2/c1-2-14-3-5-15(6-4-14)11-21(26)25-24-13-17-8-10-20(27-17)16-7-9-18(22)19(23)12-16/h3-10,12-13H,2,11H2,1H3,(H,25,26)/b24-13-. The number of halogens is 2. The molecule has 0 spiro atoms. The van der Waals surface area contributed by atoms with Gasteiger partial charge in [-0.2, -0.15) is 5.10 Å². The summed E-state index contributed by atoms with van der Waals surface area (Å²) in [5.74, 6) is 0.966. The smallest absolute Gasteiger partial charge is 0.244 e. The number of hydrogen-bond acceptors (Lipinski definition) is 3. The molecule has 27 heavy (non-hydrogen) atoms. The number of furan rings is 1. The Balaban J connectivity index is 1.57. The first-order valence-corrected chi connectivity index (χ1v) is 9.25. The predicted octanol–water partition coefficient (Wildman–Crippen LogP) is 5.51. The second-order valence-corrected chi connectivity index (χ2v) is 6.79. The Hall–Kier alpha value is -2.56. The second-order valence-electron chi connectivity index (χ2n) is 5.97. The Morgan fingerprint density at radius 2 is 1.78 bits per heavy atom. The molecular formula is C21H18Cl2N2O2. The topological polar surface area (TPSA) is 54.6 Å². The Morgan fingerprint density at radius 1 is 1.04 bits per heavy atom. The first-order valence-electron chi connectivity index (χ1n) is 8.50. The van der Waals surface area contributed by atoms with Crippen LogP contribution >= 0.6 is 23.2 Å². The maximum Gasteiger partial charge on any atom is 0.244 e. The van der Waals surface area contributed by atoms with Gasteiger partial charge in [0, 0.05) is 5.56 Å². The summed E-state index contributed by atoms with van der Waals surface area (Å²) in [4.78, 5) is 12.0. The van der Waals surface area contributed by atoms with Crippen molar-refractivity contribution in [3.05, 3.63) is 81.5 Å². The van der Waals surface area contributed by atoms with Crippen LogP contribution in [0.25, 0.3) is 11.3 Å². The normalized spacial score (nSPS) is 11.1. The number of rotatable bonds is 6. The van der Waals surface area contributed by atoms with E-state index in [1.165, 1.54) is 11.8 Å². The Kier molecular flexibility index (Phi) is 6.32. The van der Waals surface area contributed by atoms with Crippen molar-refractivity contribution in [2.75, 3.05) is 0 Å². The third-order valence-corrected chi connectivity index (χ3v) is 4.75. The summed E-state index contributed by atoms with van der Waals surface area (Å²) < 4.78 is 5.69. The van der Waals surface area contributed by atoms with Crippen molar-refractivity contribution < 1.29 is 9.21 Å². The Bertz CT molecular complexity index is 963. The quantitative estimate of drug-likeness (QED) is 0.438. The largest absolute Gasteiger partial charge is 0.455 e. The Morgan fingerprint density at radius 3 is 2.48 bits per heavy atom. The van der Waals surface area contributed by atoms with Crippen LogP contribution in [0.5, 0.6) is 0 Å². The minimum atomic E-state index is -0.188. The minimum Gasteiger partial charge on any atom is -0.455 e. The number of carbonyl (C=O) groups is 1. The van der Waals surface area contributed by atoms with E-state index in [0.29, 0.717) is 21.6 Å². The highest BCUT2D eigenvalue weighted by molar-refractivity contribution is 6.42. The molecule has 0 atom stereocenters. The van der Waals surface area contributed by atoms with E-state index in [1.807, 2.05) is 30.3 Å². The molecular weight excluding hydrogens is 383 g/mol. The number of nitrogens with zero attached hydrogens (tertiary/aromatic N) is 1. The van der Waals surface area contributed by atoms with Crippen LogP contribution in [0.1, 0.15) is 23.8 Å². The molecule has 0 aliphatic heterocycles. The minimum absolute atomic E-state index is 0.188. The van der Waals surface area contributed by atoms with E-state index in [4.69, 9.17) is 27.6 Å². The number of benzene rings is 2. The molecule has 0 fully saturated rings. The summed E-state index contributed by atoms with van der Waals surface area (Å²) in [6.07, 6.45) is 2.71. The van der Waals surface area contributed by atoms with Gasteiger partial charge in [-0.05, 0) is 47.9 Å². The lowest BCUT2D eigenvalue weighted by atomic mass is 10.1. The van der Waals surface area contributed by atoms with Crippen LogP contribution in [0.15, 0.2) is 64.1 Å². The van der Waals surface area contributed by atoms with Gasteiger partial charge in [-0.1, -0.05) is 54.4 Å². The highest BCUT2D eigenvalue weighted by Gasteiger charge is 2.07. The molecule has 0 aliphatic carbocycles. The highest BCUT2D eigenvalue weighted by atomic mass is 35.5. The lowest BCUT2D eigenvalue weighted by Gasteiger charge is -2.02. The maximum absolute atomic E-state index is 12.0. The average molecular weight is 401 g/mol. The highest BCUT2D eigenvalue weighted by Crippen LogP contribution is 2.29. The molecule has 1 amide bonds. The summed E-state index contributed by atoms with van der Waals surface area (Å²) in [7, 11) is 0. The first kappa shape index (κ1) is 19.2. The van der Waals surface area contributed by atoms with Crippen LogP contribution < -0.4 is 5.43 Å². The molecule has 138 valence electrons. The van der Waals surface area contributed by atoms with E-state index in [9.17, 15) is 4.79 Å². The number of amides is 1. The van der Waals surface area contributed by atoms with E-state index in [-0.39, 0.29) is 12.3 Å². The van der Waals surface area contributed by atoms with Crippen LogP contribution in [0.4, 0.5) is 0 Å². The fourth-order valence-corrected chi connectivity index (χ4v) is 2.81. The monoisotopic (exact) mass is 400 g/mol. The zero-order chi connectivity index (χ0) is 19.2. The summed E-state index contributed by atoms with van der Waals surface area (Å²) >= 11 is 11.9. The SMILES string of the molecule is CCc1ccc(CC(=O)N/N=C\c2ccc(-c3ccc(Cl)c(Cl)c3)o2)cc1. The fourth-order valence-electron chi connectivity index (χ4n) is 2.51. The molecule has 0 radical (unpaired) electrons. The summed E-state index contributed by atoms with van der Waals surface area (Å²) in [6.45, 7) is 2.10. The molecule has 0 saturated heterocycles. The van der Waals surface area contributed by atoms with Crippen LogP contribution in [-0.2, 0) is 17.6 Å². The molecule has 0 saturated carbocycles. The van der Waals surface area contributed by atoms with Gasteiger partial charge in [0.15, 0.2) is 0 Å². The zero-order valence-corrected chi connectivity index (χ0v) is 16.2. The van der Waals surface area contributed by atoms with Gasteiger partial charge < -0.3 is 4.42 Å². The van der Waals surface area contributed by atoms with Gasteiger partial charge in [0.2, 0.25) is 5.91 Å². The zero-order valence-electron chi connectivity index (χ0n) is 14.7. The van der Waals surface area contributed by atoms with Gasteiger partial charge in [-0.25, -0.2) is 5.43 Å². The van der Waals surface area contributed by atoms with E-state index >= 15 is 0 Å². The second kappa shape index (κ2) is 8.89. The van der Waals surface area contributed by atoms with Gasteiger partial charge in [-0.3, -0.25) is 4.79 Å². The molecule has 1 aromatic heterocycles. The third kappa shape index (κ3) is 5.22. The van der Waals surface area contributed by atoms with Crippen molar-refractivity contribution >= 4 is 35.3 Å². The summed E-state index contributed by atoms with van der Waals surface area (Å²) in [5.41, 5.74) is 5.50. The number of nitrogens with one attached hydrogen (secondary N) is 1. The van der Waals surface area contributed by atoms with E-state index in [0.717, 1.165) is 17.5 Å². The van der Waals surface area contributed by atoms with Crippen molar-refractivity contribution in [3.63, 3.8) is 0 Å². The van der Waals surface area contributed by atoms with E-state index in [2.05, 4.69) is 17.5 Å². The average Bonchev–Trinajstić information content (AvgIpc) is 3.13. The number of hydrogen-bond donors (Lipinski definition) is 1. The Labute approximate surface area is 167 Å². The number of hydrazone groups is 1. The van der Waals surface area contributed by atoms with Crippen molar-refractivity contribution in [1.82, 2.24) is 5.43 Å². The molecule has 1 N–H and O–H groups in total. The van der Waals surface area contributed by atoms with Crippen molar-refractivity contribution in [1.29, 1.82) is 0 Å². The third-order valence-electron chi connectivity index (χ3n) is 4.01. The molecule has 4 nitrogen and oxygen atoms in total. The van der Waals surface area contributed by atoms with Crippen molar-refractivity contribution in [2.24, 2.45) is 5.10 Å². The van der Waals surface area contributed by atoms with Gasteiger partial charge in [0.25, 0.3) is 0 Å². The lowest BCUT2D eigenvalue weighted by molar-refractivity contribution is -0.120. The molecule has 1 heterocycles. The van der Waals surface area contributed by atoms with Crippen LogP contribution in [-0.4, -0.2) is 12.1 Å². The fraction of sp³-hybridized carbons (Fsp3) is 0.143. The van der Waals surface area contributed by atoms with Crippen LogP contribution in [0.3, 0.4) is 0 Å². The van der Waals surface area contributed by atoms with Crippen LogP contribution in [0, 0.1) is 0 Å². The summed E-state index contributed by atoms with van der Waals surface area (Å²) in [6, 6.07) is 16.8. The van der Waals surface area contributed by atoms with Crippen molar-refractivity contribution in [2.45, 2.75) is 19.8 Å². The maximum atomic E-state index is 12.0. The van der Waals surface area contributed by atoms with Crippen molar-refractivity contribution in [3.8, 4) is 11.3 Å². The molecule has 3 rings (SSSR count).